The fourth-order valence-corrected chi connectivity index (χ4v) is 2.28. The van der Waals surface area contributed by atoms with Crippen LogP contribution in [-0.2, 0) is 0 Å². The van der Waals surface area contributed by atoms with Crippen LogP contribution in [-0.4, -0.2) is 13.1 Å². The van der Waals surface area contributed by atoms with Gasteiger partial charge in [-0.25, -0.2) is 4.79 Å². The van der Waals surface area contributed by atoms with E-state index in [1.165, 1.54) is 7.11 Å². The highest BCUT2D eigenvalue weighted by Crippen LogP contribution is 2.27. The van der Waals surface area contributed by atoms with Crippen molar-refractivity contribution in [2.75, 3.05) is 17.7 Å². The zero-order valence-electron chi connectivity index (χ0n) is 11.5. The number of anilines is 2. The number of halogens is 2. The molecular weight excluding hydrogens is 311 g/mol. The largest absolute Gasteiger partial charge is 0.495 e. The normalized spacial score (nSPS) is 10.1. The van der Waals surface area contributed by atoms with Gasteiger partial charge in [0.05, 0.1) is 12.1 Å². The molecule has 0 radical (unpaired) electrons. The van der Waals surface area contributed by atoms with Gasteiger partial charge in [0.2, 0.25) is 0 Å². The summed E-state index contributed by atoms with van der Waals surface area (Å²) in [6.45, 7) is 1.87. The lowest BCUT2D eigenvalue weighted by atomic mass is 10.2. The van der Waals surface area contributed by atoms with Crippen LogP contribution in [0.25, 0.3) is 0 Å². The van der Waals surface area contributed by atoms with Crippen LogP contribution >= 0.6 is 23.2 Å². The molecule has 0 spiro atoms. The SMILES string of the molecule is COc1ccc(NC(=O)Nc2ccc(Cl)cc2C)cc1Cl. The van der Waals surface area contributed by atoms with Crippen molar-refractivity contribution >= 4 is 40.6 Å². The Labute approximate surface area is 133 Å². The van der Waals surface area contributed by atoms with Crippen molar-refractivity contribution < 1.29 is 9.53 Å². The highest BCUT2D eigenvalue weighted by Gasteiger charge is 2.07. The molecule has 2 N–H and O–H groups in total. The Hall–Kier alpha value is -1.91. The van der Waals surface area contributed by atoms with Crippen LogP contribution in [0, 0.1) is 6.92 Å². The van der Waals surface area contributed by atoms with Crippen LogP contribution in [0.2, 0.25) is 10.0 Å². The molecule has 0 fully saturated rings. The van der Waals surface area contributed by atoms with E-state index in [1.807, 2.05) is 6.92 Å². The maximum atomic E-state index is 12.0. The Kier molecular flexibility index (Phi) is 4.94. The number of methoxy groups -OCH3 is 1. The summed E-state index contributed by atoms with van der Waals surface area (Å²) >= 11 is 11.9. The van der Waals surface area contributed by atoms with Gasteiger partial charge in [0.1, 0.15) is 5.75 Å². The number of amides is 2. The maximum Gasteiger partial charge on any atom is 0.323 e. The lowest BCUT2D eigenvalue weighted by Gasteiger charge is -2.11. The van der Waals surface area contributed by atoms with E-state index in [4.69, 9.17) is 27.9 Å². The zero-order valence-corrected chi connectivity index (χ0v) is 13.0. The molecule has 110 valence electrons. The molecule has 21 heavy (non-hydrogen) atoms. The van der Waals surface area contributed by atoms with Gasteiger partial charge in [0.25, 0.3) is 0 Å². The standard InChI is InChI=1S/C15H14Cl2N2O2/c1-9-7-10(16)3-5-13(9)19-15(20)18-11-4-6-14(21-2)12(17)8-11/h3-8H,1-2H3,(H2,18,19,20). The molecule has 0 aromatic heterocycles. The van der Waals surface area contributed by atoms with Gasteiger partial charge in [0.15, 0.2) is 0 Å². The molecule has 4 nitrogen and oxygen atoms in total. The first kappa shape index (κ1) is 15.5. The molecule has 0 unspecified atom stereocenters. The van der Waals surface area contributed by atoms with Gasteiger partial charge < -0.3 is 15.4 Å². The molecule has 0 bridgehead atoms. The number of hydrogen-bond donors (Lipinski definition) is 2. The predicted octanol–water partition coefficient (Wildman–Crippen LogP) is 4.95. The maximum absolute atomic E-state index is 12.0. The molecule has 0 aliphatic rings. The van der Waals surface area contributed by atoms with Crippen LogP contribution < -0.4 is 15.4 Å². The lowest BCUT2D eigenvalue weighted by Crippen LogP contribution is -2.19. The van der Waals surface area contributed by atoms with E-state index in [0.29, 0.717) is 27.2 Å². The first-order valence-corrected chi connectivity index (χ1v) is 6.93. The number of urea groups is 1. The fourth-order valence-electron chi connectivity index (χ4n) is 1.80. The average molecular weight is 325 g/mol. The summed E-state index contributed by atoms with van der Waals surface area (Å²) in [6, 6.07) is 9.90. The summed E-state index contributed by atoms with van der Waals surface area (Å²) in [5.74, 6) is 0.552. The average Bonchev–Trinajstić information content (AvgIpc) is 2.42. The summed E-state index contributed by atoms with van der Waals surface area (Å²) in [6.07, 6.45) is 0. The third kappa shape index (κ3) is 4.03. The van der Waals surface area contributed by atoms with Gasteiger partial charge in [-0.2, -0.15) is 0 Å². The number of hydrogen-bond acceptors (Lipinski definition) is 2. The monoisotopic (exact) mass is 324 g/mol. The van der Waals surface area contributed by atoms with E-state index < -0.39 is 0 Å². The van der Waals surface area contributed by atoms with E-state index >= 15 is 0 Å². The van der Waals surface area contributed by atoms with Crippen molar-refractivity contribution in [1.82, 2.24) is 0 Å². The van der Waals surface area contributed by atoms with E-state index in [2.05, 4.69) is 10.6 Å². The quantitative estimate of drug-likeness (QED) is 0.838. The molecule has 2 amide bonds. The Balaban J connectivity index is 2.06. The summed E-state index contributed by atoms with van der Waals surface area (Å²) in [5.41, 5.74) is 2.15. The van der Waals surface area contributed by atoms with E-state index in [1.54, 1.807) is 36.4 Å². The van der Waals surface area contributed by atoms with Crippen molar-refractivity contribution in [2.24, 2.45) is 0 Å². The number of ether oxygens (including phenoxy) is 1. The molecule has 0 aliphatic heterocycles. The molecule has 2 aromatic carbocycles. The summed E-state index contributed by atoms with van der Waals surface area (Å²) in [4.78, 5) is 12.0. The Bertz CT molecular complexity index is 675. The molecule has 0 saturated carbocycles. The first-order valence-electron chi connectivity index (χ1n) is 6.17. The van der Waals surface area contributed by atoms with Crippen LogP contribution in [0.15, 0.2) is 36.4 Å². The number of aryl methyl sites for hydroxylation is 1. The van der Waals surface area contributed by atoms with E-state index in [9.17, 15) is 4.79 Å². The number of rotatable bonds is 3. The number of carbonyl (C=O) groups is 1. The van der Waals surface area contributed by atoms with Crippen molar-refractivity contribution in [3.8, 4) is 5.75 Å². The van der Waals surface area contributed by atoms with E-state index in [0.717, 1.165) is 5.56 Å². The van der Waals surface area contributed by atoms with Crippen LogP contribution in [0.1, 0.15) is 5.56 Å². The van der Waals surface area contributed by atoms with Gasteiger partial charge in [-0.3, -0.25) is 0 Å². The fraction of sp³-hybridized carbons (Fsp3) is 0.133. The summed E-state index contributed by atoms with van der Waals surface area (Å²) < 4.78 is 5.05. The van der Waals surface area contributed by atoms with Crippen molar-refractivity contribution in [1.29, 1.82) is 0 Å². The molecule has 2 aromatic rings. The molecule has 0 aliphatic carbocycles. The highest BCUT2D eigenvalue weighted by molar-refractivity contribution is 6.32. The minimum atomic E-state index is -0.360. The minimum absolute atomic E-state index is 0.360. The molecule has 0 heterocycles. The van der Waals surface area contributed by atoms with Crippen molar-refractivity contribution in [2.45, 2.75) is 6.92 Å². The van der Waals surface area contributed by atoms with Crippen LogP contribution in [0.4, 0.5) is 16.2 Å². The minimum Gasteiger partial charge on any atom is -0.495 e. The topological polar surface area (TPSA) is 50.4 Å². The second kappa shape index (κ2) is 6.70. The molecule has 0 atom stereocenters. The first-order chi connectivity index (χ1) is 9.99. The second-order valence-electron chi connectivity index (χ2n) is 4.39. The van der Waals surface area contributed by atoms with Crippen LogP contribution in [0.5, 0.6) is 5.75 Å². The number of benzene rings is 2. The third-order valence-corrected chi connectivity index (χ3v) is 3.38. The van der Waals surface area contributed by atoms with Gasteiger partial charge >= 0.3 is 6.03 Å². The predicted molar refractivity (Wildman–Crippen MR) is 86.8 cm³/mol. The summed E-state index contributed by atoms with van der Waals surface area (Å²) in [5, 5.41) is 6.51. The molecule has 6 heteroatoms. The Morgan fingerprint density at radius 3 is 2.48 bits per heavy atom. The zero-order chi connectivity index (χ0) is 15.4. The Morgan fingerprint density at radius 1 is 1.10 bits per heavy atom. The van der Waals surface area contributed by atoms with Crippen LogP contribution in [0.3, 0.4) is 0 Å². The number of carbonyl (C=O) groups excluding carboxylic acids is 1. The lowest BCUT2D eigenvalue weighted by molar-refractivity contribution is 0.262. The third-order valence-electron chi connectivity index (χ3n) is 2.85. The van der Waals surface area contributed by atoms with Crippen molar-refractivity contribution in [3.05, 3.63) is 52.0 Å². The molecule has 2 rings (SSSR count). The number of nitrogens with one attached hydrogen (secondary N) is 2. The van der Waals surface area contributed by atoms with E-state index in [-0.39, 0.29) is 6.03 Å². The second-order valence-corrected chi connectivity index (χ2v) is 5.23. The summed E-state index contributed by atoms with van der Waals surface area (Å²) in [7, 11) is 1.53. The molecule has 0 saturated heterocycles. The van der Waals surface area contributed by atoms with Crippen molar-refractivity contribution in [3.63, 3.8) is 0 Å². The molecular formula is C15H14Cl2N2O2. The Morgan fingerprint density at radius 2 is 1.86 bits per heavy atom. The van der Waals surface area contributed by atoms with Gasteiger partial charge in [-0.1, -0.05) is 23.2 Å². The van der Waals surface area contributed by atoms with Gasteiger partial charge in [-0.15, -0.1) is 0 Å². The van der Waals surface area contributed by atoms with Gasteiger partial charge in [0, 0.05) is 16.4 Å². The highest BCUT2D eigenvalue weighted by atomic mass is 35.5. The smallest absolute Gasteiger partial charge is 0.323 e. The van der Waals surface area contributed by atoms with Gasteiger partial charge in [-0.05, 0) is 48.9 Å².